The van der Waals surface area contributed by atoms with Crippen LogP contribution in [0.15, 0.2) is 36.4 Å². The fourth-order valence-corrected chi connectivity index (χ4v) is 2.91. The molecule has 0 saturated heterocycles. The number of benzene rings is 2. The van der Waals surface area contributed by atoms with Gasteiger partial charge in [-0.15, -0.1) is 0 Å². The molecule has 2 N–H and O–H groups in total. The van der Waals surface area contributed by atoms with E-state index >= 15 is 0 Å². The minimum absolute atomic E-state index is 0.193. The van der Waals surface area contributed by atoms with Gasteiger partial charge < -0.3 is 19.9 Å². The summed E-state index contributed by atoms with van der Waals surface area (Å²) in [5, 5.41) is 0.612. The number of halogens is 1. The second-order valence-electron chi connectivity index (χ2n) is 5.22. The van der Waals surface area contributed by atoms with E-state index < -0.39 is 0 Å². The lowest BCUT2D eigenvalue weighted by Crippen LogP contribution is -2.15. The van der Waals surface area contributed by atoms with Crippen LogP contribution in [0.25, 0.3) is 0 Å². The summed E-state index contributed by atoms with van der Waals surface area (Å²) in [5.41, 5.74) is 8.22. The third-order valence-corrected chi connectivity index (χ3v) is 4.15. The summed E-state index contributed by atoms with van der Waals surface area (Å²) in [7, 11) is 1.61. The number of hydrogen-bond donors (Lipinski definition) is 1. The highest BCUT2D eigenvalue weighted by Gasteiger charge is 2.18. The summed E-state index contributed by atoms with van der Waals surface area (Å²) in [6, 6.07) is 11.8. The van der Waals surface area contributed by atoms with Crippen LogP contribution in [0.3, 0.4) is 0 Å². The summed E-state index contributed by atoms with van der Waals surface area (Å²) in [5.74, 6) is 2.44. The smallest absolute Gasteiger partial charge is 0.231 e. The molecule has 0 spiro atoms. The number of ether oxygens (including phenoxy) is 3. The van der Waals surface area contributed by atoms with E-state index in [4.69, 9.17) is 31.5 Å². The molecule has 3 rings (SSSR count). The first kappa shape index (κ1) is 15.0. The van der Waals surface area contributed by atoms with Crippen LogP contribution in [-0.2, 0) is 6.42 Å². The Labute approximate surface area is 134 Å². The molecule has 0 saturated carbocycles. The summed E-state index contributed by atoms with van der Waals surface area (Å²) >= 11 is 6.19. The molecule has 2 aromatic rings. The third kappa shape index (κ3) is 2.98. The molecular formula is C17H18ClNO3. The van der Waals surface area contributed by atoms with Crippen molar-refractivity contribution in [2.45, 2.75) is 12.3 Å². The fourth-order valence-electron chi connectivity index (χ4n) is 2.63. The van der Waals surface area contributed by atoms with Gasteiger partial charge >= 0.3 is 0 Å². The van der Waals surface area contributed by atoms with Gasteiger partial charge in [0.1, 0.15) is 5.75 Å². The number of nitrogens with two attached hydrogens (primary N) is 1. The van der Waals surface area contributed by atoms with E-state index in [1.54, 1.807) is 7.11 Å². The Kier molecular flexibility index (Phi) is 4.41. The van der Waals surface area contributed by atoms with E-state index in [1.807, 2.05) is 36.4 Å². The van der Waals surface area contributed by atoms with E-state index in [9.17, 15) is 0 Å². The molecule has 0 amide bonds. The zero-order chi connectivity index (χ0) is 15.5. The second kappa shape index (κ2) is 6.46. The van der Waals surface area contributed by atoms with E-state index in [2.05, 4.69) is 0 Å². The zero-order valence-electron chi connectivity index (χ0n) is 12.3. The standard InChI is InChI=1S/C17H18ClNO3/c1-20-15-4-2-11(7-14(15)18)6-13(9-19)12-3-5-16-17(8-12)22-10-21-16/h2-5,7-8,13H,6,9-10,19H2,1H3. The first-order valence-corrected chi connectivity index (χ1v) is 7.51. The SMILES string of the molecule is COc1ccc(CC(CN)c2ccc3c(c2)OCO3)cc1Cl. The van der Waals surface area contributed by atoms with Crippen LogP contribution < -0.4 is 19.9 Å². The van der Waals surface area contributed by atoms with Gasteiger partial charge in [-0.05, 0) is 48.4 Å². The Morgan fingerprint density at radius 3 is 2.73 bits per heavy atom. The van der Waals surface area contributed by atoms with Crippen LogP contribution in [0.5, 0.6) is 17.2 Å². The fraction of sp³-hybridized carbons (Fsp3) is 0.294. The maximum absolute atomic E-state index is 6.19. The molecule has 22 heavy (non-hydrogen) atoms. The Balaban J connectivity index is 1.81. The molecular weight excluding hydrogens is 302 g/mol. The first-order chi connectivity index (χ1) is 10.7. The van der Waals surface area contributed by atoms with Gasteiger partial charge in [-0.1, -0.05) is 23.7 Å². The second-order valence-corrected chi connectivity index (χ2v) is 5.63. The normalized spacial score (nSPS) is 14.0. The van der Waals surface area contributed by atoms with Crippen LogP contribution in [0.2, 0.25) is 5.02 Å². The van der Waals surface area contributed by atoms with Crippen LogP contribution in [0.4, 0.5) is 0 Å². The van der Waals surface area contributed by atoms with Crippen molar-refractivity contribution >= 4 is 11.6 Å². The molecule has 0 aliphatic carbocycles. The van der Waals surface area contributed by atoms with Crippen molar-refractivity contribution in [1.82, 2.24) is 0 Å². The van der Waals surface area contributed by atoms with E-state index in [-0.39, 0.29) is 12.7 Å². The summed E-state index contributed by atoms with van der Waals surface area (Å²) in [6.07, 6.45) is 0.805. The van der Waals surface area contributed by atoms with Gasteiger partial charge in [0.15, 0.2) is 11.5 Å². The lowest BCUT2D eigenvalue weighted by Gasteiger charge is -2.16. The molecule has 0 bridgehead atoms. The van der Waals surface area contributed by atoms with Crippen LogP contribution in [0, 0.1) is 0 Å². The molecule has 0 fully saturated rings. The van der Waals surface area contributed by atoms with Crippen molar-refractivity contribution < 1.29 is 14.2 Å². The number of rotatable bonds is 5. The van der Waals surface area contributed by atoms with Crippen molar-refractivity contribution in [3.05, 3.63) is 52.5 Å². The summed E-state index contributed by atoms with van der Waals surface area (Å²) in [4.78, 5) is 0. The highest BCUT2D eigenvalue weighted by molar-refractivity contribution is 6.32. The largest absolute Gasteiger partial charge is 0.495 e. The van der Waals surface area contributed by atoms with Gasteiger partial charge in [0.2, 0.25) is 6.79 Å². The third-order valence-electron chi connectivity index (χ3n) is 3.85. The maximum atomic E-state index is 6.19. The molecule has 0 aromatic heterocycles. The Morgan fingerprint density at radius 1 is 1.18 bits per heavy atom. The lowest BCUT2D eigenvalue weighted by atomic mass is 9.92. The molecule has 4 nitrogen and oxygen atoms in total. The number of fused-ring (bicyclic) bond motifs is 1. The first-order valence-electron chi connectivity index (χ1n) is 7.13. The van der Waals surface area contributed by atoms with Gasteiger partial charge in [-0.2, -0.15) is 0 Å². The van der Waals surface area contributed by atoms with E-state index in [0.717, 1.165) is 29.0 Å². The van der Waals surface area contributed by atoms with Crippen molar-refractivity contribution in [3.63, 3.8) is 0 Å². The van der Waals surface area contributed by atoms with Crippen molar-refractivity contribution in [2.75, 3.05) is 20.4 Å². The Morgan fingerprint density at radius 2 is 2.00 bits per heavy atom. The average molecular weight is 320 g/mol. The molecule has 1 unspecified atom stereocenters. The van der Waals surface area contributed by atoms with Gasteiger partial charge in [0.25, 0.3) is 0 Å². The predicted octanol–water partition coefficient (Wildman–Crippen LogP) is 3.36. The molecule has 1 atom stereocenters. The lowest BCUT2D eigenvalue weighted by molar-refractivity contribution is 0.174. The van der Waals surface area contributed by atoms with Crippen LogP contribution >= 0.6 is 11.6 Å². The summed E-state index contributed by atoms with van der Waals surface area (Å²) < 4.78 is 16.0. The summed E-state index contributed by atoms with van der Waals surface area (Å²) in [6.45, 7) is 0.823. The van der Waals surface area contributed by atoms with Crippen LogP contribution in [-0.4, -0.2) is 20.4 Å². The Bertz CT molecular complexity index is 675. The molecule has 1 aliphatic rings. The number of hydrogen-bond acceptors (Lipinski definition) is 4. The molecule has 1 aliphatic heterocycles. The van der Waals surface area contributed by atoms with Crippen LogP contribution in [0.1, 0.15) is 17.0 Å². The molecule has 0 radical (unpaired) electrons. The number of methoxy groups -OCH3 is 1. The average Bonchev–Trinajstić information content (AvgIpc) is 3.00. The molecule has 5 heteroatoms. The van der Waals surface area contributed by atoms with E-state index in [1.165, 1.54) is 0 Å². The predicted molar refractivity (Wildman–Crippen MR) is 86.1 cm³/mol. The van der Waals surface area contributed by atoms with Gasteiger partial charge in [-0.25, -0.2) is 0 Å². The van der Waals surface area contributed by atoms with Gasteiger partial charge in [0.05, 0.1) is 12.1 Å². The quantitative estimate of drug-likeness (QED) is 0.918. The van der Waals surface area contributed by atoms with Gasteiger partial charge in [-0.3, -0.25) is 0 Å². The minimum Gasteiger partial charge on any atom is -0.495 e. The van der Waals surface area contributed by atoms with Crippen molar-refractivity contribution in [3.8, 4) is 17.2 Å². The molecule has 1 heterocycles. The van der Waals surface area contributed by atoms with Gasteiger partial charge in [0, 0.05) is 5.92 Å². The van der Waals surface area contributed by atoms with Crippen molar-refractivity contribution in [1.29, 1.82) is 0 Å². The topological polar surface area (TPSA) is 53.7 Å². The van der Waals surface area contributed by atoms with Crippen molar-refractivity contribution in [2.24, 2.45) is 5.73 Å². The highest BCUT2D eigenvalue weighted by Crippen LogP contribution is 2.35. The monoisotopic (exact) mass is 319 g/mol. The zero-order valence-corrected chi connectivity index (χ0v) is 13.1. The van der Waals surface area contributed by atoms with E-state index in [0.29, 0.717) is 17.3 Å². The maximum Gasteiger partial charge on any atom is 0.231 e. The highest BCUT2D eigenvalue weighted by atomic mass is 35.5. The molecule has 116 valence electrons. The molecule has 2 aromatic carbocycles. The Hall–Kier alpha value is -1.91. The minimum atomic E-state index is 0.193.